The van der Waals surface area contributed by atoms with Crippen molar-refractivity contribution in [3.63, 3.8) is 0 Å². The number of pyridine rings is 1. The molecule has 0 saturated carbocycles. The number of nitrogens with zero attached hydrogens (tertiary/aromatic N) is 2. The molecule has 108 valence electrons. The molecule has 0 aliphatic carbocycles. The smallest absolute Gasteiger partial charge is 0.158 e. The van der Waals surface area contributed by atoms with Crippen LogP contribution in [0.2, 0.25) is 0 Å². The second kappa shape index (κ2) is 4.48. The monoisotopic (exact) mass is 281 g/mol. The normalized spacial score (nSPS) is 12.0. The number of hydrogen-bond acceptors (Lipinski definition) is 4. The molecule has 0 bridgehead atoms. The molecule has 5 heteroatoms. The van der Waals surface area contributed by atoms with Crippen molar-refractivity contribution in [1.82, 2.24) is 15.2 Å². The second-order valence-electron chi connectivity index (χ2n) is 6.26. The van der Waals surface area contributed by atoms with Crippen LogP contribution in [0.15, 0.2) is 30.3 Å². The summed E-state index contributed by atoms with van der Waals surface area (Å²) in [4.78, 5) is 4.65. The van der Waals surface area contributed by atoms with E-state index >= 15 is 0 Å². The van der Waals surface area contributed by atoms with Gasteiger partial charge in [-0.25, -0.2) is 4.98 Å². The van der Waals surface area contributed by atoms with E-state index in [4.69, 9.17) is 11.5 Å². The summed E-state index contributed by atoms with van der Waals surface area (Å²) in [6.45, 7) is 6.40. The van der Waals surface area contributed by atoms with Gasteiger partial charge < -0.3 is 11.5 Å². The third kappa shape index (κ3) is 2.31. The Morgan fingerprint density at radius 1 is 1.05 bits per heavy atom. The maximum absolute atomic E-state index is 6.00. The zero-order valence-corrected chi connectivity index (χ0v) is 12.4. The Kier molecular flexibility index (Phi) is 2.86. The standard InChI is InChI=1S/C16H19N5/c1-16(2,3)12-8-11(9-4-6-10(17)7-5-9)13-14(18)20-21-15(13)19-12/h4-8H,17H2,1-3H3,(H3,18,19,20,21). The van der Waals surface area contributed by atoms with Crippen molar-refractivity contribution in [1.29, 1.82) is 0 Å². The molecule has 5 nitrogen and oxygen atoms in total. The summed E-state index contributed by atoms with van der Waals surface area (Å²) in [5.74, 6) is 0.463. The summed E-state index contributed by atoms with van der Waals surface area (Å²) in [5.41, 5.74) is 16.2. The number of aromatic nitrogens is 3. The predicted molar refractivity (Wildman–Crippen MR) is 86.8 cm³/mol. The van der Waals surface area contributed by atoms with Gasteiger partial charge in [-0.3, -0.25) is 5.10 Å². The molecule has 2 heterocycles. The Morgan fingerprint density at radius 2 is 1.71 bits per heavy atom. The average molecular weight is 281 g/mol. The third-order valence-corrected chi connectivity index (χ3v) is 3.55. The van der Waals surface area contributed by atoms with Crippen molar-refractivity contribution in [2.75, 3.05) is 11.5 Å². The predicted octanol–water partition coefficient (Wildman–Crippen LogP) is 3.09. The maximum Gasteiger partial charge on any atom is 0.158 e. The van der Waals surface area contributed by atoms with E-state index in [-0.39, 0.29) is 5.41 Å². The van der Waals surface area contributed by atoms with Gasteiger partial charge in [0.2, 0.25) is 0 Å². The van der Waals surface area contributed by atoms with Crippen molar-refractivity contribution >= 4 is 22.5 Å². The number of H-pyrrole nitrogens is 1. The van der Waals surface area contributed by atoms with Gasteiger partial charge >= 0.3 is 0 Å². The van der Waals surface area contributed by atoms with Gasteiger partial charge in [0.1, 0.15) is 0 Å². The third-order valence-electron chi connectivity index (χ3n) is 3.55. The van der Waals surface area contributed by atoms with Crippen LogP contribution in [0.5, 0.6) is 0 Å². The van der Waals surface area contributed by atoms with Gasteiger partial charge in [0.05, 0.1) is 5.39 Å². The highest BCUT2D eigenvalue weighted by atomic mass is 15.2. The summed E-state index contributed by atoms with van der Waals surface area (Å²) in [6.07, 6.45) is 0. The molecule has 0 aliphatic rings. The van der Waals surface area contributed by atoms with Gasteiger partial charge in [-0.2, -0.15) is 5.10 Å². The lowest BCUT2D eigenvalue weighted by molar-refractivity contribution is 0.571. The lowest BCUT2D eigenvalue weighted by atomic mass is 9.89. The molecule has 0 spiro atoms. The summed E-state index contributed by atoms with van der Waals surface area (Å²) < 4.78 is 0. The van der Waals surface area contributed by atoms with E-state index in [2.05, 4.69) is 42.0 Å². The van der Waals surface area contributed by atoms with E-state index < -0.39 is 0 Å². The average Bonchev–Trinajstić information content (AvgIpc) is 2.80. The minimum Gasteiger partial charge on any atom is -0.399 e. The van der Waals surface area contributed by atoms with E-state index in [9.17, 15) is 0 Å². The summed E-state index contributed by atoms with van der Waals surface area (Å²) in [5, 5.41) is 7.85. The zero-order chi connectivity index (χ0) is 15.2. The number of benzene rings is 1. The Hall–Kier alpha value is -2.56. The van der Waals surface area contributed by atoms with Crippen LogP contribution < -0.4 is 11.5 Å². The molecular weight excluding hydrogens is 262 g/mol. The Morgan fingerprint density at radius 3 is 2.33 bits per heavy atom. The van der Waals surface area contributed by atoms with Crippen molar-refractivity contribution in [3.8, 4) is 11.1 Å². The van der Waals surface area contributed by atoms with E-state index in [1.54, 1.807) is 0 Å². The first-order chi connectivity index (χ1) is 9.86. The van der Waals surface area contributed by atoms with Crippen LogP contribution in [-0.2, 0) is 5.41 Å². The topological polar surface area (TPSA) is 93.6 Å². The number of anilines is 2. The molecule has 3 rings (SSSR count). The Labute approximate surface area is 123 Å². The molecular formula is C16H19N5. The SMILES string of the molecule is CC(C)(C)c1cc(-c2ccc(N)cc2)c2c(N)n[nH]c2n1. The first-order valence-electron chi connectivity index (χ1n) is 6.87. The van der Waals surface area contributed by atoms with Crippen molar-refractivity contribution in [3.05, 3.63) is 36.0 Å². The number of nitrogens with one attached hydrogen (secondary N) is 1. The molecule has 0 radical (unpaired) electrons. The van der Waals surface area contributed by atoms with E-state index in [1.165, 1.54) is 0 Å². The summed E-state index contributed by atoms with van der Waals surface area (Å²) in [7, 11) is 0. The van der Waals surface area contributed by atoms with Gasteiger partial charge in [-0.15, -0.1) is 0 Å². The minimum absolute atomic E-state index is 0.0589. The Balaban J connectivity index is 2.33. The van der Waals surface area contributed by atoms with Crippen LogP contribution in [0.4, 0.5) is 11.5 Å². The fourth-order valence-corrected chi connectivity index (χ4v) is 2.33. The summed E-state index contributed by atoms with van der Waals surface area (Å²) >= 11 is 0. The van der Waals surface area contributed by atoms with E-state index in [1.807, 2.05) is 24.3 Å². The van der Waals surface area contributed by atoms with Crippen molar-refractivity contribution in [2.45, 2.75) is 26.2 Å². The highest BCUT2D eigenvalue weighted by molar-refractivity contribution is 6.00. The van der Waals surface area contributed by atoms with Crippen LogP contribution >= 0.6 is 0 Å². The van der Waals surface area contributed by atoms with Gasteiger partial charge in [-0.1, -0.05) is 32.9 Å². The number of hydrogen-bond donors (Lipinski definition) is 3. The molecule has 0 amide bonds. The lowest BCUT2D eigenvalue weighted by Crippen LogP contribution is -2.13. The molecule has 0 aliphatic heterocycles. The molecule has 0 fully saturated rings. The minimum atomic E-state index is -0.0589. The molecule has 0 atom stereocenters. The second-order valence-corrected chi connectivity index (χ2v) is 6.26. The number of nitrogens with two attached hydrogens (primary N) is 2. The molecule has 0 saturated heterocycles. The molecule has 21 heavy (non-hydrogen) atoms. The number of fused-ring (bicyclic) bond motifs is 1. The highest BCUT2D eigenvalue weighted by Gasteiger charge is 2.20. The lowest BCUT2D eigenvalue weighted by Gasteiger charge is -2.19. The number of aromatic amines is 1. The van der Waals surface area contributed by atoms with Crippen LogP contribution in [0.25, 0.3) is 22.2 Å². The first kappa shape index (κ1) is 13.4. The zero-order valence-electron chi connectivity index (χ0n) is 12.4. The van der Waals surface area contributed by atoms with E-state index in [0.717, 1.165) is 27.9 Å². The fourth-order valence-electron chi connectivity index (χ4n) is 2.33. The Bertz CT molecular complexity index is 794. The molecule has 3 aromatic rings. The maximum atomic E-state index is 6.00. The van der Waals surface area contributed by atoms with Crippen LogP contribution in [-0.4, -0.2) is 15.2 Å². The van der Waals surface area contributed by atoms with Crippen LogP contribution in [0.1, 0.15) is 26.5 Å². The molecule has 5 N–H and O–H groups in total. The summed E-state index contributed by atoms with van der Waals surface area (Å²) in [6, 6.07) is 9.83. The first-order valence-corrected chi connectivity index (χ1v) is 6.87. The van der Waals surface area contributed by atoms with Gasteiger partial charge in [0, 0.05) is 16.8 Å². The van der Waals surface area contributed by atoms with E-state index in [0.29, 0.717) is 11.5 Å². The van der Waals surface area contributed by atoms with Crippen molar-refractivity contribution < 1.29 is 0 Å². The fraction of sp³-hybridized carbons (Fsp3) is 0.250. The largest absolute Gasteiger partial charge is 0.399 e. The molecule has 2 aromatic heterocycles. The van der Waals surface area contributed by atoms with Gasteiger partial charge in [0.15, 0.2) is 11.5 Å². The molecule has 0 unspecified atom stereocenters. The highest BCUT2D eigenvalue weighted by Crippen LogP contribution is 2.34. The number of nitrogen functional groups attached to an aromatic ring is 2. The van der Waals surface area contributed by atoms with Gasteiger partial charge in [0.25, 0.3) is 0 Å². The van der Waals surface area contributed by atoms with Gasteiger partial charge in [-0.05, 0) is 29.3 Å². The van der Waals surface area contributed by atoms with Crippen molar-refractivity contribution in [2.24, 2.45) is 0 Å². The quantitative estimate of drug-likeness (QED) is 0.597. The van der Waals surface area contributed by atoms with Crippen LogP contribution in [0.3, 0.4) is 0 Å². The molecule has 1 aromatic carbocycles. The van der Waals surface area contributed by atoms with Crippen LogP contribution in [0, 0.1) is 0 Å². The number of rotatable bonds is 1.